The number of carbonyl (C=O) groups excluding carboxylic acids is 1. The summed E-state index contributed by atoms with van der Waals surface area (Å²) < 4.78 is 30.9. The van der Waals surface area contributed by atoms with E-state index in [2.05, 4.69) is 10.6 Å². The number of nitrogens with one attached hydrogen (secondary N) is 2. The number of halogens is 2. The van der Waals surface area contributed by atoms with Crippen LogP contribution in [0.4, 0.5) is 8.78 Å². The maximum atomic E-state index is 13.0. The largest absolute Gasteiger partial charge is 0.481 e. The summed E-state index contributed by atoms with van der Waals surface area (Å²) in [6, 6.07) is 3.16. The smallest absolute Gasteiger partial charge is 0.260 e. The molecule has 19 heavy (non-hydrogen) atoms. The molecule has 0 saturated heterocycles. The fourth-order valence-corrected chi connectivity index (χ4v) is 1.43. The number of ether oxygens (including phenoxy) is 1. The van der Waals surface area contributed by atoms with Crippen LogP contribution >= 0.6 is 0 Å². The van der Waals surface area contributed by atoms with Crippen LogP contribution in [0.2, 0.25) is 0 Å². The lowest BCUT2D eigenvalue weighted by atomic mass is 10.3. The van der Waals surface area contributed by atoms with Crippen LogP contribution in [0.3, 0.4) is 0 Å². The van der Waals surface area contributed by atoms with Crippen LogP contribution in [0.25, 0.3) is 0 Å². The molecule has 0 saturated carbocycles. The summed E-state index contributed by atoms with van der Waals surface area (Å²) in [7, 11) is 1.83. The van der Waals surface area contributed by atoms with Gasteiger partial charge < -0.3 is 15.4 Å². The van der Waals surface area contributed by atoms with Gasteiger partial charge in [0.15, 0.2) is 17.7 Å². The highest BCUT2D eigenvalue weighted by Crippen LogP contribution is 2.16. The van der Waals surface area contributed by atoms with Gasteiger partial charge in [-0.1, -0.05) is 0 Å². The SMILES string of the molecule is CNCCCNC(=O)C(C)Oc1ccc(F)c(F)c1. The van der Waals surface area contributed by atoms with Crippen molar-refractivity contribution in [3.8, 4) is 5.75 Å². The van der Waals surface area contributed by atoms with Crippen LogP contribution in [0, 0.1) is 11.6 Å². The summed E-state index contributed by atoms with van der Waals surface area (Å²) in [5.74, 6) is -2.12. The van der Waals surface area contributed by atoms with Gasteiger partial charge in [0, 0.05) is 12.6 Å². The standard InChI is InChI=1S/C13H18F2N2O2/c1-9(13(18)17-7-3-6-16-2)19-10-4-5-11(14)12(15)8-10/h4-5,8-9,16H,3,6-7H2,1-2H3,(H,17,18). The molecule has 2 N–H and O–H groups in total. The molecule has 1 aromatic rings. The molecule has 1 rings (SSSR count). The van der Waals surface area contributed by atoms with Crippen molar-refractivity contribution < 1.29 is 18.3 Å². The van der Waals surface area contributed by atoms with Crippen LogP contribution in [0.15, 0.2) is 18.2 Å². The molecule has 1 unspecified atom stereocenters. The maximum absolute atomic E-state index is 13.0. The minimum atomic E-state index is -1.00. The monoisotopic (exact) mass is 272 g/mol. The Bertz CT molecular complexity index is 427. The lowest BCUT2D eigenvalue weighted by molar-refractivity contribution is -0.127. The van der Waals surface area contributed by atoms with Crippen molar-refractivity contribution in [3.05, 3.63) is 29.8 Å². The molecule has 0 aromatic heterocycles. The van der Waals surface area contributed by atoms with Gasteiger partial charge in [0.1, 0.15) is 5.75 Å². The van der Waals surface area contributed by atoms with Crippen LogP contribution in [0.5, 0.6) is 5.75 Å². The van der Waals surface area contributed by atoms with Crippen molar-refractivity contribution in [1.29, 1.82) is 0 Å². The van der Waals surface area contributed by atoms with Gasteiger partial charge in [-0.25, -0.2) is 8.78 Å². The molecule has 4 nitrogen and oxygen atoms in total. The first-order chi connectivity index (χ1) is 9.04. The molecule has 1 amide bonds. The third-order valence-electron chi connectivity index (χ3n) is 2.48. The average molecular weight is 272 g/mol. The highest BCUT2D eigenvalue weighted by atomic mass is 19.2. The first-order valence-electron chi connectivity index (χ1n) is 6.08. The number of benzene rings is 1. The molecule has 106 valence electrons. The zero-order chi connectivity index (χ0) is 14.3. The third kappa shape index (κ3) is 5.21. The van der Waals surface area contributed by atoms with Crippen LogP contribution in [0.1, 0.15) is 13.3 Å². The van der Waals surface area contributed by atoms with E-state index in [0.29, 0.717) is 6.54 Å². The van der Waals surface area contributed by atoms with E-state index in [1.54, 1.807) is 6.92 Å². The molecule has 1 aromatic carbocycles. The second kappa shape index (κ2) is 7.68. The lowest BCUT2D eigenvalue weighted by Gasteiger charge is -2.14. The number of carbonyl (C=O) groups is 1. The molecular weight excluding hydrogens is 254 g/mol. The molecule has 0 spiro atoms. The van der Waals surface area contributed by atoms with Gasteiger partial charge in [-0.05, 0) is 39.1 Å². The van der Waals surface area contributed by atoms with E-state index >= 15 is 0 Å². The third-order valence-corrected chi connectivity index (χ3v) is 2.48. The molecule has 0 aliphatic heterocycles. The van der Waals surface area contributed by atoms with Crippen molar-refractivity contribution >= 4 is 5.91 Å². The molecule has 0 radical (unpaired) electrons. The Kier molecular flexibility index (Phi) is 6.21. The van der Waals surface area contributed by atoms with E-state index in [1.165, 1.54) is 6.07 Å². The first kappa shape index (κ1) is 15.4. The Labute approximate surface area is 111 Å². The normalized spacial score (nSPS) is 12.0. The second-order valence-electron chi connectivity index (χ2n) is 4.08. The Morgan fingerprint density at radius 1 is 1.32 bits per heavy atom. The zero-order valence-corrected chi connectivity index (χ0v) is 11.0. The molecular formula is C13H18F2N2O2. The minimum absolute atomic E-state index is 0.122. The predicted octanol–water partition coefficient (Wildman–Crippen LogP) is 1.46. The summed E-state index contributed by atoms with van der Waals surface area (Å²) in [6.45, 7) is 2.89. The topological polar surface area (TPSA) is 50.4 Å². The second-order valence-corrected chi connectivity index (χ2v) is 4.08. The fraction of sp³-hybridized carbons (Fsp3) is 0.462. The Morgan fingerprint density at radius 2 is 2.05 bits per heavy atom. The molecule has 0 aliphatic carbocycles. The van der Waals surface area contributed by atoms with Crippen molar-refractivity contribution in [2.45, 2.75) is 19.4 Å². The van der Waals surface area contributed by atoms with Gasteiger partial charge in [0.25, 0.3) is 5.91 Å². The number of amides is 1. The molecule has 0 bridgehead atoms. The van der Waals surface area contributed by atoms with E-state index in [9.17, 15) is 13.6 Å². The van der Waals surface area contributed by atoms with Crippen LogP contribution < -0.4 is 15.4 Å². The summed E-state index contributed by atoms with van der Waals surface area (Å²) in [5.41, 5.74) is 0. The summed E-state index contributed by atoms with van der Waals surface area (Å²) in [4.78, 5) is 11.6. The van der Waals surface area contributed by atoms with Gasteiger partial charge in [-0.2, -0.15) is 0 Å². The quantitative estimate of drug-likeness (QED) is 0.739. The van der Waals surface area contributed by atoms with E-state index in [-0.39, 0.29) is 11.7 Å². The zero-order valence-electron chi connectivity index (χ0n) is 11.0. The summed E-state index contributed by atoms with van der Waals surface area (Å²) in [6.07, 6.45) is 0.0413. The highest BCUT2D eigenvalue weighted by molar-refractivity contribution is 5.80. The van der Waals surface area contributed by atoms with Gasteiger partial charge in [-0.15, -0.1) is 0 Å². The van der Waals surface area contributed by atoms with Gasteiger partial charge in [0.2, 0.25) is 0 Å². The first-order valence-corrected chi connectivity index (χ1v) is 6.08. The lowest BCUT2D eigenvalue weighted by Crippen LogP contribution is -2.37. The number of hydrogen-bond acceptors (Lipinski definition) is 3. The predicted molar refractivity (Wildman–Crippen MR) is 68.0 cm³/mol. The Morgan fingerprint density at radius 3 is 2.68 bits per heavy atom. The Balaban J connectivity index is 2.42. The molecule has 6 heteroatoms. The Hall–Kier alpha value is -1.69. The highest BCUT2D eigenvalue weighted by Gasteiger charge is 2.14. The van der Waals surface area contributed by atoms with E-state index in [4.69, 9.17) is 4.74 Å². The molecule has 0 aliphatic rings. The number of hydrogen-bond donors (Lipinski definition) is 2. The van der Waals surface area contributed by atoms with Crippen LogP contribution in [-0.4, -0.2) is 32.1 Å². The molecule has 1 atom stereocenters. The van der Waals surface area contributed by atoms with Crippen LogP contribution in [-0.2, 0) is 4.79 Å². The summed E-state index contributed by atoms with van der Waals surface area (Å²) >= 11 is 0. The van der Waals surface area contributed by atoms with Gasteiger partial charge in [0.05, 0.1) is 0 Å². The fourth-order valence-electron chi connectivity index (χ4n) is 1.43. The van der Waals surface area contributed by atoms with Gasteiger partial charge in [-0.3, -0.25) is 4.79 Å². The van der Waals surface area contributed by atoms with E-state index in [0.717, 1.165) is 25.1 Å². The minimum Gasteiger partial charge on any atom is -0.481 e. The number of rotatable bonds is 7. The maximum Gasteiger partial charge on any atom is 0.260 e. The van der Waals surface area contributed by atoms with Crippen molar-refractivity contribution in [2.75, 3.05) is 20.1 Å². The molecule has 0 fully saturated rings. The van der Waals surface area contributed by atoms with Crippen molar-refractivity contribution in [1.82, 2.24) is 10.6 Å². The van der Waals surface area contributed by atoms with E-state index in [1.807, 2.05) is 7.05 Å². The molecule has 0 heterocycles. The van der Waals surface area contributed by atoms with Gasteiger partial charge >= 0.3 is 0 Å². The van der Waals surface area contributed by atoms with E-state index < -0.39 is 17.7 Å². The van der Waals surface area contributed by atoms with Crippen molar-refractivity contribution in [3.63, 3.8) is 0 Å². The van der Waals surface area contributed by atoms with Crippen molar-refractivity contribution in [2.24, 2.45) is 0 Å². The average Bonchev–Trinajstić information content (AvgIpc) is 2.38. The summed E-state index contributed by atoms with van der Waals surface area (Å²) in [5, 5.41) is 5.65.